The lowest BCUT2D eigenvalue weighted by molar-refractivity contribution is -0.157. The summed E-state index contributed by atoms with van der Waals surface area (Å²) in [5, 5.41) is 10.2. The Morgan fingerprint density at radius 2 is 1.74 bits per heavy atom. The van der Waals surface area contributed by atoms with Crippen LogP contribution in [0.3, 0.4) is 0 Å². The van der Waals surface area contributed by atoms with Crippen LogP contribution >= 0.6 is 0 Å². The number of amides is 2. The SMILES string of the molecule is CC[C@@H](CO)N1C(=O)[C@@H]2[C@H]3C(=O)OCC=C[C@@]3(C)O[C@@]23C=CCN(c2ccc(N(CC)CC)cc2)C(=O)C13. The zero-order valence-electron chi connectivity index (χ0n) is 22.5. The molecule has 1 unspecified atom stereocenters. The maximum Gasteiger partial charge on any atom is 0.313 e. The van der Waals surface area contributed by atoms with Gasteiger partial charge in [0.15, 0.2) is 0 Å². The first-order valence-corrected chi connectivity index (χ1v) is 13.6. The van der Waals surface area contributed by atoms with Gasteiger partial charge >= 0.3 is 5.97 Å². The third kappa shape index (κ3) is 3.78. The Morgan fingerprint density at radius 1 is 1.03 bits per heavy atom. The van der Waals surface area contributed by atoms with Gasteiger partial charge in [-0.3, -0.25) is 14.4 Å². The number of benzene rings is 1. The van der Waals surface area contributed by atoms with Crippen molar-refractivity contribution in [3.8, 4) is 0 Å². The largest absolute Gasteiger partial charge is 0.461 e. The van der Waals surface area contributed by atoms with Gasteiger partial charge in [-0.1, -0.05) is 25.2 Å². The van der Waals surface area contributed by atoms with E-state index >= 15 is 0 Å². The lowest BCUT2D eigenvalue weighted by Crippen LogP contribution is -2.58. The summed E-state index contributed by atoms with van der Waals surface area (Å²) in [5.41, 5.74) is -0.704. The summed E-state index contributed by atoms with van der Waals surface area (Å²) in [5.74, 6) is -3.04. The van der Waals surface area contributed by atoms with Crippen molar-refractivity contribution >= 4 is 29.2 Å². The molecule has 2 saturated heterocycles. The number of aliphatic hydroxyl groups excluding tert-OH is 1. The van der Waals surface area contributed by atoms with E-state index < -0.39 is 41.1 Å². The van der Waals surface area contributed by atoms with Crippen LogP contribution in [0.15, 0.2) is 48.6 Å². The monoisotopic (exact) mass is 523 g/mol. The van der Waals surface area contributed by atoms with Crippen molar-refractivity contribution in [3.05, 3.63) is 48.6 Å². The lowest BCUT2D eigenvalue weighted by atomic mass is 9.75. The van der Waals surface area contributed by atoms with Crippen LogP contribution in [0.1, 0.15) is 34.1 Å². The third-order valence-electron chi connectivity index (χ3n) is 8.62. The molecule has 1 aromatic carbocycles. The highest BCUT2D eigenvalue weighted by Gasteiger charge is 2.75. The molecular weight excluding hydrogens is 486 g/mol. The Hall–Kier alpha value is -3.17. The van der Waals surface area contributed by atoms with Crippen LogP contribution < -0.4 is 9.80 Å². The zero-order valence-corrected chi connectivity index (χ0v) is 22.5. The van der Waals surface area contributed by atoms with Crippen molar-refractivity contribution in [3.63, 3.8) is 0 Å². The number of likely N-dealkylation sites (tertiary alicyclic amines) is 1. The van der Waals surface area contributed by atoms with E-state index in [2.05, 4.69) is 18.7 Å². The summed E-state index contributed by atoms with van der Waals surface area (Å²) in [6.07, 6.45) is 7.60. The summed E-state index contributed by atoms with van der Waals surface area (Å²) in [4.78, 5) is 47.1. The van der Waals surface area contributed by atoms with Gasteiger partial charge in [0.25, 0.3) is 5.91 Å². The highest BCUT2D eigenvalue weighted by Crippen LogP contribution is 2.57. The Morgan fingerprint density at radius 3 is 2.37 bits per heavy atom. The number of anilines is 2. The maximum atomic E-state index is 14.4. The second-order valence-electron chi connectivity index (χ2n) is 10.6. The fourth-order valence-corrected chi connectivity index (χ4v) is 6.77. The summed E-state index contributed by atoms with van der Waals surface area (Å²) in [6, 6.07) is 6.19. The first-order valence-electron chi connectivity index (χ1n) is 13.6. The molecule has 0 bridgehead atoms. The molecule has 5 rings (SSSR count). The summed E-state index contributed by atoms with van der Waals surface area (Å²) < 4.78 is 12.1. The molecule has 4 aliphatic rings. The molecule has 204 valence electrons. The number of nitrogens with zero attached hydrogens (tertiary/aromatic N) is 3. The number of carbonyl (C=O) groups excluding carboxylic acids is 3. The molecule has 1 spiro atoms. The highest BCUT2D eigenvalue weighted by molar-refractivity contribution is 6.05. The van der Waals surface area contributed by atoms with Crippen molar-refractivity contribution in [2.45, 2.75) is 57.4 Å². The van der Waals surface area contributed by atoms with Gasteiger partial charge in [-0.2, -0.15) is 0 Å². The van der Waals surface area contributed by atoms with Gasteiger partial charge in [0.05, 0.1) is 24.2 Å². The number of cyclic esters (lactones) is 1. The van der Waals surface area contributed by atoms with Crippen molar-refractivity contribution in [2.75, 3.05) is 42.6 Å². The average Bonchev–Trinajstić information content (AvgIpc) is 3.17. The predicted octanol–water partition coefficient (Wildman–Crippen LogP) is 2.29. The normalized spacial score (nSPS) is 32.9. The maximum absolute atomic E-state index is 14.4. The number of fused-ring (bicyclic) bond motifs is 2. The molecule has 1 aromatic rings. The summed E-state index contributed by atoms with van der Waals surface area (Å²) in [6.45, 7) is 9.68. The molecule has 9 nitrogen and oxygen atoms in total. The van der Waals surface area contributed by atoms with E-state index in [1.807, 2.05) is 37.3 Å². The molecule has 2 amide bonds. The minimum atomic E-state index is -1.37. The number of esters is 1. The van der Waals surface area contributed by atoms with Gasteiger partial charge in [0, 0.05) is 31.0 Å². The summed E-state index contributed by atoms with van der Waals surface area (Å²) in [7, 11) is 0. The first-order chi connectivity index (χ1) is 18.3. The summed E-state index contributed by atoms with van der Waals surface area (Å²) >= 11 is 0. The Bertz CT molecular complexity index is 1160. The van der Waals surface area contributed by atoms with E-state index in [0.29, 0.717) is 12.1 Å². The highest BCUT2D eigenvalue weighted by atomic mass is 16.6. The number of carbonyl (C=O) groups is 3. The number of hydrogen-bond donors (Lipinski definition) is 1. The zero-order chi connectivity index (χ0) is 27.2. The van der Waals surface area contributed by atoms with Gasteiger partial charge in [-0.15, -0.1) is 0 Å². The van der Waals surface area contributed by atoms with Crippen LogP contribution in [0.25, 0.3) is 0 Å². The predicted molar refractivity (Wildman–Crippen MR) is 143 cm³/mol. The van der Waals surface area contributed by atoms with E-state index in [-0.39, 0.29) is 31.6 Å². The fourth-order valence-electron chi connectivity index (χ4n) is 6.77. The second kappa shape index (κ2) is 9.85. The molecule has 2 fully saturated rings. The first kappa shape index (κ1) is 26.4. The molecule has 0 saturated carbocycles. The van der Waals surface area contributed by atoms with Crippen molar-refractivity contribution in [1.29, 1.82) is 0 Å². The fraction of sp³-hybridized carbons (Fsp3) is 0.552. The van der Waals surface area contributed by atoms with Crippen LogP contribution in [0.4, 0.5) is 11.4 Å². The Labute approximate surface area is 223 Å². The molecule has 0 aromatic heterocycles. The van der Waals surface area contributed by atoms with Crippen LogP contribution in [0, 0.1) is 11.8 Å². The topological polar surface area (TPSA) is 99.6 Å². The molecule has 0 radical (unpaired) electrons. The van der Waals surface area contributed by atoms with Gasteiger partial charge in [0.2, 0.25) is 5.91 Å². The van der Waals surface area contributed by atoms with Crippen LogP contribution in [0.5, 0.6) is 0 Å². The quantitative estimate of drug-likeness (QED) is 0.432. The van der Waals surface area contributed by atoms with Crippen molar-refractivity contribution in [2.24, 2.45) is 11.8 Å². The van der Waals surface area contributed by atoms with E-state index in [1.54, 1.807) is 30.1 Å². The molecule has 1 N–H and O–H groups in total. The van der Waals surface area contributed by atoms with Crippen LogP contribution in [0.2, 0.25) is 0 Å². The molecule has 4 aliphatic heterocycles. The van der Waals surface area contributed by atoms with E-state index in [0.717, 1.165) is 18.8 Å². The minimum Gasteiger partial charge on any atom is -0.461 e. The molecule has 0 aliphatic carbocycles. The smallest absolute Gasteiger partial charge is 0.313 e. The van der Waals surface area contributed by atoms with Crippen molar-refractivity contribution < 1.29 is 29.0 Å². The molecular formula is C29H37N3O6. The lowest BCUT2D eigenvalue weighted by Gasteiger charge is -2.39. The van der Waals surface area contributed by atoms with Crippen molar-refractivity contribution in [1.82, 2.24) is 4.90 Å². The van der Waals surface area contributed by atoms with E-state index in [9.17, 15) is 19.5 Å². The molecule has 38 heavy (non-hydrogen) atoms. The molecule has 6 atom stereocenters. The Kier molecular flexibility index (Phi) is 6.86. The number of hydrogen-bond acceptors (Lipinski definition) is 7. The third-order valence-corrected chi connectivity index (χ3v) is 8.62. The van der Waals surface area contributed by atoms with E-state index in [4.69, 9.17) is 9.47 Å². The Balaban J connectivity index is 1.60. The number of aliphatic hydroxyl groups is 1. The molecule has 4 heterocycles. The minimum absolute atomic E-state index is 0.107. The van der Waals surface area contributed by atoms with E-state index in [1.165, 1.54) is 4.90 Å². The van der Waals surface area contributed by atoms with Crippen LogP contribution in [-0.4, -0.2) is 83.9 Å². The number of ether oxygens (including phenoxy) is 2. The van der Waals surface area contributed by atoms with Gasteiger partial charge in [-0.25, -0.2) is 0 Å². The van der Waals surface area contributed by atoms with Gasteiger partial charge in [-0.05, 0) is 57.5 Å². The van der Waals surface area contributed by atoms with Gasteiger partial charge in [0.1, 0.15) is 24.2 Å². The molecule has 9 heteroatoms. The number of rotatable bonds is 7. The standard InChI is InChI=1S/C29H37N3O6/c1-5-19(18-33)32-24-26(35)31(21-12-10-20(11-13-21)30(6-2)7-3)16-8-15-29(24)22(25(32)34)23-27(36)37-17-9-14-28(23,4)38-29/h8-15,19,22-24,33H,5-7,16-18H2,1-4H3/t19-,22-,23-,24?,28+,29-/m0/s1. The van der Waals surface area contributed by atoms with Crippen LogP contribution in [-0.2, 0) is 23.9 Å². The van der Waals surface area contributed by atoms with Gasteiger partial charge < -0.3 is 29.3 Å². The second-order valence-corrected chi connectivity index (χ2v) is 10.6. The average molecular weight is 524 g/mol.